The van der Waals surface area contributed by atoms with E-state index >= 15 is 0 Å². The molecule has 70 valence electrons. The van der Waals surface area contributed by atoms with Gasteiger partial charge in [-0.1, -0.05) is 0 Å². The first-order valence-corrected chi connectivity index (χ1v) is 3.86. The minimum atomic E-state index is -0.663. The molecule has 5 nitrogen and oxygen atoms in total. The number of hydrogen-bond acceptors (Lipinski definition) is 5. The Morgan fingerprint density at radius 1 is 1.75 bits per heavy atom. The summed E-state index contributed by atoms with van der Waals surface area (Å²) in [5.41, 5.74) is 0. The van der Waals surface area contributed by atoms with Crippen molar-refractivity contribution in [1.82, 2.24) is 5.32 Å². The molecule has 0 aromatic carbocycles. The van der Waals surface area contributed by atoms with E-state index in [1.54, 1.807) is 0 Å². The van der Waals surface area contributed by atoms with E-state index in [0.717, 1.165) is 13.1 Å². The third-order valence-corrected chi connectivity index (χ3v) is 1.56. The second-order valence-corrected chi connectivity index (χ2v) is 2.46. The van der Waals surface area contributed by atoms with E-state index in [1.165, 1.54) is 7.11 Å². The van der Waals surface area contributed by atoms with Crippen LogP contribution in [0.25, 0.3) is 0 Å². The molecule has 0 amide bonds. The van der Waals surface area contributed by atoms with Gasteiger partial charge in [-0.05, 0) is 0 Å². The molecule has 0 radical (unpaired) electrons. The van der Waals surface area contributed by atoms with Gasteiger partial charge in [0.25, 0.3) is 0 Å². The van der Waals surface area contributed by atoms with Gasteiger partial charge >= 0.3 is 6.16 Å². The Balaban J connectivity index is 2.09. The summed E-state index contributed by atoms with van der Waals surface area (Å²) in [7, 11) is 1.28. The summed E-state index contributed by atoms with van der Waals surface area (Å²) in [5.74, 6) is 0. The van der Waals surface area contributed by atoms with Crippen LogP contribution in [-0.2, 0) is 14.2 Å². The lowest BCUT2D eigenvalue weighted by Gasteiger charge is -2.22. The lowest BCUT2D eigenvalue weighted by molar-refractivity contribution is -0.0253. The van der Waals surface area contributed by atoms with Crippen molar-refractivity contribution in [2.75, 3.05) is 33.4 Å². The Morgan fingerprint density at radius 3 is 3.17 bits per heavy atom. The van der Waals surface area contributed by atoms with Gasteiger partial charge in [0.05, 0.1) is 13.7 Å². The molecular weight excluding hydrogens is 162 g/mol. The van der Waals surface area contributed by atoms with Gasteiger partial charge in [0.15, 0.2) is 0 Å². The summed E-state index contributed by atoms with van der Waals surface area (Å²) in [6, 6.07) is 0. The second kappa shape index (κ2) is 4.95. The molecular formula is C7H13NO4. The first-order valence-electron chi connectivity index (χ1n) is 3.86. The van der Waals surface area contributed by atoms with Gasteiger partial charge in [-0.25, -0.2) is 4.79 Å². The van der Waals surface area contributed by atoms with Gasteiger partial charge in [-0.3, -0.25) is 0 Å². The molecule has 1 unspecified atom stereocenters. The Kier molecular flexibility index (Phi) is 3.83. The molecule has 0 bridgehead atoms. The van der Waals surface area contributed by atoms with E-state index in [1.807, 2.05) is 0 Å². The highest BCUT2D eigenvalue weighted by atomic mass is 16.7. The molecule has 0 aromatic heterocycles. The smallest absolute Gasteiger partial charge is 0.438 e. The maximum atomic E-state index is 10.5. The molecule has 1 aliphatic rings. The second-order valence-electron chi connectivity index (χ2n) is 2.46. The molecule has 0 aliphatic carbocycles. The maximum Gasteiger partial charge on any atom is 0.508 e. The first-order chi connectivity index (χ1) is 5.83. The van der Waals surface area contributed by atoms with Crippen LogP contribution < -0.4 is 5.32 Å². The molecule has 1 atom stereocenters. The van der Waals surface area contributed by atoms with Crippen molar-refractivity contribution >= 4 is 6.16 Å². The average Bonchev–Trinajstić information content (AvgIpc) is 2.16. The summed E-state index contributed by atoms with van der Waals surface area (Å²) < 4.78 is 14.3. The van der Waals surface area contributed by atoms with Crippen molar-refractivity contribution in [3.05, 3.63) is 0 Å². The standard InChI is InChI=1S/C7H13NO4/c1-10-7(9)12-5-6-4-8-2-3-11-6/h6,8H,2-5H2,1H3. The molecule has 1 heterocycles. The number of carbonyl (C=O) groups is 1. The lowest BCUT2D eigenvalue weighted by atomic mass is 10.3. The minimum absolute atomic E-state index is 0.0437. The number of rotatable bonds is 2. The normalized spacial score (nSPS) is 23.2. The molecule has 1 rings (SSSR count). The topological polar surface area (TPSA) is 56.8 Å². The number of carbonyl (C=O) groups excluding carboxylic acids is 1. The van der Waals surface area contributed by atoms with Crippen LogP contribution in [0.1, 0.15) is 0 Å². The van der Waals surface area contributed by atoms with E-state index < -0.39 is 6.16 Å². The van der Waals surface area contributed by atoms with Gasteiger partial charge in [0.2, 0.25) is 0 Å². The molecule has 5 heteroatoms. The van der Waals surface area contributed by atoms with Crippen LogP contribution in [0.5, 0.6) is 0 Å². The summed E-state index contributed by atoms with van der Waals surface area (Å²) in [4.78, 5) is 10.5. The summed E-state index contributed by atoms with van der Waals surface area (Å²) in [6.45, 7) is 2.49. The van der Waals surface area contributed by atoms with Gasteiger partial charge < -0.3 is 19.5 Å². The Hall–Kier alpha value is -0.810. The third-order valence-electron chi connectivity index (χ3n) is 1.56. The first kappa shape index (κ1) is 9.28. The van der Waals surface area contributed by atoms with Crippen molar-refractivity contribution in [2.45, 2.75) is 6.10 Å². The molecule has 0 saturated carbocycles. The maximum absolute atomic E-state index is 10.5. The van der Waals surface area contributed by atoms with Crippen molar-refractivity contribution in [1.29, 1.82) is 0 Å². The van der Waals surface area contributed by atoms with Crippen molar-refractivity contribution < 1.29 is 19.0 Å². The van der Waals surface area contributed by atoms with Gasteiger partial charge in [0, 0.05) is 13.1 Å². The lowest BCUT2D eigenvalue weighted by Crippen LogP contribution is -2.41. The fraction of sp³-hybridized carbons (Fsp3) is 0.857. The Morgan fingerprint density at radius 2 is 2.58 bits per heavy atom. The molecule has 1 aliphatic heterocycles. The van der Waals surface area contributed by atoms with E-state index in [0.29, 0.717) is 6.61 Å². The van der Waals surface area contributed by atoms with Crippen molar-refractivity contribution in [3.8, 4) is 0 Å². The monoisotopic (exact) mass is 175 g/mol. The van der Waals surface area contributed by atoms with Crippen molar-refractivity contribution in [2.24, 2.45) is 0 Å². The summed E-state index contributed by atoms with van der Waals surface area (Å²) >= 11 is 0. The largest absolute Gasteiger partial charge is 0.508 e. The highest BCUT2D eigenvalue weighted by molar-refractivity contribution is 5.59. The zero-order valence-electron chi connectivity index (χ0n) is 7.04. The molecule has 0 aromatic rings. The number of methoxy groups -OCH3 is 1. The van der Waals surface area contributed by atoms with E-state index in [2.05, 4.69) is 10.1 Å². The van der Waals surface area contributed by atoms with E-state index in [-0.39, 0.29) is 12.7 Å². The van der Waals surface area contributed by atoms with Crippen LogP contribution in [0.2, 0.25) is 0 Å². The van der Waals surface area contributed by atoms with Gasteiger partial charge in [-0.15, -0.1) is 0 Å². The highest BCUT2D eigenvalue weighted by Gasteiger charge is 2.15. The molecule has 12 heavy (non-hydrogen) atoms. The van der Waals surface area contributed by atoms with Crippen molar-refractivity contribution in [3.63, 3.8) is 0 Å². The number of nitrogens with one attached hydrogen (secondary N) is 1. The quantitative estimate of drug-likeness (QED) is 0.587. The molecule has 1 fully saturated rings. The van der Waals surface area contributed by atoms with E-state index in [4.69, 9.17) is 9.47 Å². The number of morpholine rings is 1. The van der Waals surface area contributed by atoms with Crippen LogP contribution in [0.3, 0.4) is 0 Å². The fourth-order valence-corrected chi connectivity index (χ4v) is 0.947. The average molecular weight is 175 g/mol. The Labute approximate surface area is 71.0 Å². The van der Waals surface area contributed by atoms with E-state index in [9.17, 15) is 4.79 Å². The molecule has 0 spiro atoms. The summed E-state index contributed by atoms with van der Waals surface area (Å²) in [6.07, 6.45) is -0.706. The predicted octanol–water partition coefficient (Wildman–Crippen LogP) is -0.242. The molecule has 1 N–H and O–H groups in total. The van der Waals surface area contributed by atoms with Crippen LogP contribution in [0, 0.1) is 0 Å². The molecule has 1 saturated heterocycles. The SMILES string of the molecule is COC(=O)OCC1CNCCO1. The highest BCUT2D eigenvalue weighted by Crippen LogP contribution is 1.97. The van der Waals surface area contributed by atoms with Crippen LogP contribution in [0.4, 0.5) is 4.79 Å². The fourth-order valence-electron chi connectivity index (χ4n) is 0.947. The third kappa shape index (κ3) is 3.06. The Bertz CT molecular complexity index is 144. The minimum Gasteiger partial charge on any atom is -0.438 e. The predicted molar refractivity (Wildman–Crippen MR) is 41.0 cm³/mol. The van der Waals surface area contributed by atoms with Gasteiger partial charge in [-0.2, -0.15) is 0 Å². The number of ether oxygens (including phenoxy) is 3. The number of hydrogen-bond donors (Lipinski definition) is 1. The zero-order chi connectivity index (χ0) is 8.81. The zero-order valence-corrected chi connectivity index (χ0v) is 7.04. The summed E-state index contributed by atoms with van der Waals surface area (Å²) in [5, 5.41) is 3.12. The van der Waals surface area contributed by atoms with Crippen LogP contribution in [0.15, 0.2) is 0 Å². The van der Waals surface area contributed by atoms with Gasteiger partial charge in [0.1, 0.15) is 12.7 Å². The van der Waals surface area contributed by atoms with Crippen LogP contribution in [-0.4, -0.2) is 45.7 Å². The van der Waals surface area contributed by atoms with Crippen LogP contribution >= 0.6 is 0 Å².